The highest BCUT2D eigenvalue weighted by Gasteiger charge is 2.23. The van der Waals surface area contributed by atoms with Crippen molar-refractivity contribution in [2.45, 2.75) is 219 Å². The lowest BCUT2D eigenvalue weighted by atomic mass is 10.0. The summed E-state index contributed by atoms with van der Waals surface area (Å²) in [6, 6.07) is -0.757. The standard InChI is InChI=1S/C53H89NO5/c1-4-7-10-13-16-19-22-24-25-26-27-29-30-32-35-38-41-44-49(59-53(58)46-43-40-37-34-31-28-23-20-17-14-11-8-5-2)47-52(57)54-50(48-55)51(56)45-42-39-36-33-21-18-15-12-9-6-3/h7,10,16,19,24-25,27-29,31-32,35,37,40-41,44,49-51,55-56H,4-6,8-9,11-15,17-18,20-23,26,30,33-34,36,38-39,42-43,45-48H2,1-3H3,(H,54,57)/b10-7-,19-16-,25-24-,29-27-,31-28-,35-32-,40-37+,44-41-. The van der Waals surface area contributed by atoms with Crippen LogP contribution in [-0.2, 0) is 14.3 Å². The Kier molecular flexibility index (Phi) is 43.4. The zero-order chi connectivity index (χ0) is 43.1. The van der Waals surface area contributed by atoms with Crippen LogP contribution in [0, 0.1) is 0 Å². The molecule has 6 heteroatoms. The number of carbonyl (C=O) groups is 2. The van der Waals surface area contributed by atoms with Gasteiger partial charge in [-0.25, -0.2) is 0 Å². The highest BCUT2D eigenvalue weighted by Crippen LogP contribution is 2.14. The molecule has 0 aromatic carbocycles. The maximum Gasteiger partial charge on any atom is 0.306 e. The second kappa shape index (κ2) is 45.9. The van der Waals surface area contributed by atoms with E-state index in [0.717, 1.165) is 64.2 Å². The Morgan fingerprint density at radius 2 is 0.949 bits per heavy atom. The number of ether oxygens (including phenoxy) is 1. The molecule has 59 heavy (non-hydrogen) atoms. The average molecular weight is 820 g/mol. The number of unbranched alkanes of at least 4 members (excludes halogenated alkanes) is 15. The maximum absolute atomic E-state index is 13.1. The number of nitrogens with one attached hydrogen (secondary N) is 1. The minimum atomic E-state index is -0.831. The first kappa shape index (κ1) is 55.8. The van der Waals surface area contributed by atoms with Crippen molar-refractivity contribution in [2.24, 2.45) is 0 Å². The molecule has 3 atom stereocenters. The molecule has 0 bridgehead atoms. The van der Waals surface area contributed by atoms with E-state index in [1.54, 1.807) is 6.08 Å². The molecule has 3 N–H and O–H groups in total. The molecular weight excluding hydrogens is 731 g/mol. The SMILES string of the molecule is CC/C=C\C/C=C\C/C=C\C/C=C\C/C=C\C/C=C\C(CC(=O)NC(CO)C(O)CCCCCCCCCCCC)OC(=O)CC/C=C/C/C=C\CCCCCCCC. The van der Waals surface area contributed by atoms with Crippen molar-refractivity contribution >= 4 is 11.9 Å². The minimum absolute atomic E-state index is 0.0748. The van der Waals surface area contributed by atoms with Gasteiger partial charge in [0.05, 0.1) is 25.2 Å². The zero-order valence-electron chi connectivity index (χ0n) is 38.1. The molecule has 1 amide bonds. The molecule has 0 aromatic rings. The maximum atomic E-state index is 13.1. The normalized spacial score (nSPS) is 14.2. The molecule has 0 fully saturated rings. The lowest BCUT2D eigenvalue weighted by molar-refractivity contribution is -0.148. The predicted molar refractivity (Wildman–Crippen MR) is 254 cm³/mol. The van der Waals surface area contributed by atoms with Crippen LogP contribution >= 0.6 is 0 Å². The van der Waals surface area contributed by atoms with Gasteiger partial charge in [0.1, 0.15) is 6.10 Å². The summed E-state index contributed by atoms with van der Waals surface area (Å²) in [6.45, 7) is 6.27. The van der Waals surface area contributed by atoms with Crippen molar-refractivity contribution in [1.29, 1.82) is 0 Å². The van der Waals surface area contributed by atoms with E-state index in [-0.39, 0.29) is 31.3 Å². The molecular formula is C53H89NO5. The van der Waals surface area contributed by atoms with E-state index >= 15 is 0 Å². The van der Waals surface area contributed by atoms with Gasteiger partial charge in [-0.3, -0.25) is 9.59 Å². The van der Waals surface area contributed by atoms with Gasteiger partial charge < -0.3 is 20.3 Å². The van der Waals surface area contributed by atoms with Gasteiger partial charge in [0.25, 0.3) is 0 Å². The van der Waals surface area contributed by atoms with Gasteiger partial charge in [-0.2, -0.15) is 0 Å². The first-order valence-corrected chi connectivity index (χ1v) is 24.0. The van der Waals surface area contributed by atoms with Crippen LogP contribution in [0.15, 0.2) is 97.2 Å². The Balaban J connectivity index is 4.90. The van der Waals surface area contributed by atoms with Crippen LogP contribution in [0.25, 0.3) is 0 Å². The molecule has 0 heterocycles. The number of aliphatic hydroxyl groups is 2. The highest BCUT2D eigenvalue weighted by atomic mass is 16.5. The summed E-state index contributed by atoms with van der Waals surface area (Å²) in [7, 11) is 0. The van der Waals surface area contributed by atoms with Crippen LogP contribution in [0.1, 0.15) is 201 Å². The van der Waals surface area contributed by atoms with Crippen molar-refractivity contribution in [1.82, 2.24) is 5.32 Å². The Morgan fingerprint density at radius 1 is 0.525 bits per heavy atom. The van der Waals surface area contributed by atoms with E-state index in [4.69, 9.17) is 4.74 Å². The van der Waals surface area contributed by atoms with Crippen molar-refractivity contribution in [2.75, 3.05) is 6.61 Å². The van der Waals surface area contributed by atoms with Gasteiger partial charge in [0, 0.05) is 6.42 Å². The molecule has 0 aliphatic carbocycles. The molecule has 0 aliphatic rings. The molecule has 0 saturated heterocycles. The number of carbonyl (C=O) groups excluding carboxylic acids is 2. The van der Waals surface area contributed by atoms with Crippen LogP contribution in [0.4, 0.5) is 0 Å². The summed E-state index contributed by atoms with van der Waals surface area (Å²) in [5, 5.41) is 23.6. The molecule has 6 nitrogen and oxygen atoms in total. The largest absolute Gasteiger partial charge is 0.458 e. The van der Waals surface area contributed by atoms with E-state index in [2.05, 4.69) is 105 Å². The van der Waals surface area contributed by atoms with Crippen LogP contribution in [0.5, 0.6) is 0 Å². The summed E-state index contributed by atoms with van der Waals surface area (Å²) < 4.78 is 5.76. The third-order valence-corrected chi connectivity index (χ3v) is 10.2. The van der Waals surface area contributed by atoms with Gasteiger partial charge in [-0.1, -0.05) is 208 Å². The summed E-state index contributed by atoms with van der Waals surface area (Å²) in [5.41, 5.74) is 0. The third-order valence-electron chi connectivity index (χ3n) is 10.2. The zero-order valence-corrected chi connectivity index (χ0v) is 38.1. The summed E-state index contributed by atoms with van der Waals surface area (Å²) in [5.74, 6) is -0.721. The first-order valence-electron chi connectivity index (χ1n) is 24.0. The van der Waals surface area contributed by atoms with Crippen LogP contribution in [0.2, 0.25) is 0 Å². The minimum Gasteiger partial charge on any atom is -0.458 e. The van der Waals surface area contributed by atoms with Crippen molar-refractivity contribution in [3.05, 3.63) is 97.2 Å². The van der Waals surface area contributed by atoms with Crippen LogP contribution in [-0.4, -0.2) is 46.9 Å². The number of allylic oxidation sites excluding steroid dienone is 15. The fourth-order valence-corrected chi connectivity index (χ4v) is 6.54. The number of esters is 1. The van der Waals surface area contributed by atoms with E-state index in [1.165, 1.54) is 83.5 Å². The first-order chi connectivity index (χ1) is 29.0. The highest BCUT2D eigenvalue weighted by molar-refractivity contribution is 5.78. The Labute approximate surface area is 363 Å². The summed E-state index contributed by atoms with van der Waals surface area (Å²) in [6.07, 6.45) is 60.8. The molecule has 0 aliphatic heterocycles. The molecule has 3 unspecified atom stereocenters. The average Bonchev–Trinajstić information content (AvgIpc) is 3.23. The third kappa shape index (κ3) is 41.3. The Morgan fingerprint density at radius 3 is 1.44 bits per heavy atom. The molecule has 336 valence electrons. The van der Waals surface area contributed by atoms with Crippen molar-refractivity contribution in [3.63, 3.8) is 0 Å². The predicted octanol–water partition coefficient (Wildman–Crippen LogP) is 14.2. The molecule has 0 radical (unpaired) electrons. The Bertz CT molecular complexity index is 1190. The van der Waals surface area contributed by atoms with E-state index < -0.39 is 18.2 Å². The lowest BCUT2D eigenvalue weighted by Gasteiger charge is -2.23. The lowest BCUT2D eigenvalue weighted by Crippen LogP contribution is -2.46. The monoisotopic (exact) mass is 820 g/mol. The quantitative estimate of drug-likeness (QED) is 0.0324. The summed E-state index contributed by atoms with van der Waals surface area (Å²) >= 11 is 0. The Hall–Kier alpha value is -3.22. The van der Waals surface area contributed by atoms with Crippen LogP contribution in [0.3, 0.4) is 0 Å². The topological polar surface area (TPSA) is 95.9 Å². The second-order valence-electron chi connectivity index (χ2n) is 15.8. The number of aliphatic hydroxyl groups excluding tert-OH is 2. The fraction of sp³-hybridized carbons (Fsp3) is 0.660. The van der Waals surface area contributed by atoms with Crippen LogP contribution < -0.4 is 5.32 Å². The summed E-state index contributed by atoms with van der Waals surface area (Å²) in [4.78, 5) is 25.9. The molecule has 0 rings (SSSR count). The number of hydrogen-bond donors (Lipinski definition) is 3. The van der Waals surface area contributed by atoms with Crippen molar-refractivity contribution in [3.8, 4) is 0 Å². The van der Waals surface area contributed by atoms with E-state index in [1.807, 2.05) is 12.2 Å². The van der Waals surface area contributed by atoms with Gasteiger partial charge in [-0.05, 0) is 76.7 Å². The van der Waals surface area contributed by atoms with E-state index in [9.17, 15) is 19.8 Å². The number of amides is 1. The van der Waals surface area contributed by atoms with Crippen molar-refractivity contribution < 1.29 is 24.5 Å². The molecule has 0 aromatic heterocycles. The van der Waals surface area contributed by atoms with Gasteiger partial charge >= 0.3 is 5.97 Å². The van der Waals surface area contributed by atoms with Gasteiger partial charge in [-0.15, -0.1) is 0 Å². The molecule has 0 spiro atoms. The number of rotatable bonds is 41. The molecule has 0 saturated carbocycles. The van der Waals surface area contributed by atoms with E-state index in [0.29, 0.717) is 19.3 Å². The number of hydrogen-bond acceptors (Lipinski definition) is 5. The van der Waals surface area contributed by atoms with Gasteiger partial charge in [0.15, 0.2) is 0 Å². The smallest absolute Gasteiger partial charge is 0.306 e. The second-order valence-corrected chi connectivity index (χ2v) is 15.8. The fourth-order valence-electron chi connectivity index (χ4n) is 6.54. The van der Waals surface area contributed by atoms with Gasteiger partial charge in [0.2, 0.25) is 5.91 Å².